The summed E-state index contributed by atoms with van der Waals surface area (Å²) in [6.07, 6.45) is 0. The number of nitrogens with zero attached hydrogens (tertiary/aromatic N) is 1. The Morgan fingerprint density at radius 2 is 1.53 bits per heavy atom. The molecular formula is C25H24ClN3O. The molecule has 3 aromatic rings. The van der Waals surface area contributed by atoms with Gasteiger partial charge in [0.05, 0.1) is 22.8 Å². The first-order valence-electron chi connectivity index (χ1n) is 10.3. The van der Waals surface area contributed by atoms with Crippen molar-refractivity contribution in [3.05, 3.63) is 88.9 Å². The number of halogens is 1. The van der Waals surface area contributed by atoms with E-state index in [0.717, 1.165) is 13.1 Å². The van der Waals surface area contributed by atoms with Crippen molar-refractivity contribution in [1.29, 1.82) is 0 Å². The van der Waals surface area contributed by atoms with E-state index in [4.69, 9.17) is 11.6 Å². The zero-order valence-electron chi connectivity index (χ0n) is 16.8. The molecule has 1 unspecified atom stereocenters. The van der Waals surface area contributed by atoms with Crippen LogP contribution in [-0.4, -0.2) is 36.1 Å². The third kappa shape index (κ3) is 3.36. The first kappa shape index (κ1) is 19.2. The Morgan fingerprint density at radius 3 is 2.17 bits per heavy atom. The number of nitrogens with one attached hydrogen (secondary N) is 2. The second kappa shape index (κ2) is 7.78. The average molecular weight is 418 g/mol. The van der Waals surface area contributed by atoms with Crippen molar-refractivity contribution in [3.8, 4) is 11.1 Å². The summed E-state index contributed by atoms with van der Waals surface area (Å²) >= 11 is 6.21. The molecule has 0 spiro atoms. The number of rotatable bonds is 3. The normalized spacial score (nSPS) is 22.3. The molecule has 30 heavy (non-hydrogen) atoms. The van der Waals surface area contributed by atoms with Crippen LogP contribution in [0, 0.1) is 6.92 Å². The molecule has 3 aromatic carbocycles. The summed E-state index contributed by atoms with van der Waals surface area (Å²) < 4.78 is 0. The van der Waals surface area contributed by atoms with Crippen molar-refractivity contribution >= 4 is 23.3 Å². The van der Waals surface area contributed by atoms with E-state index in [2.05, 4.69) is 66.1 Å². The summed E-state index contributed by atoms with van der Waals surface area (Å²) in [5, 5.41) is 6.97. The Bertz CT molecular complexity index is 1050. The fourth-order valence-corrected chi connectivity index (χ4v) is 4.89. The van der Waals surface area contributed by atoms with Crippen LogP contribution in [-0.2, 0) is 0 Å². The van der Waals surface area contributed by atoms with E-state index in [1.165, 1.54) is 22.3 Å². The molecule has 2 aliphatic heterocycles. The maximum Gasteiger partial charge on any atom is 0.322 e. The number of hydrogen-bond acceptors (Lipinski definition) is 2. The number of piperidine rings is 1. The predicted octanol–water partition coefficient (Wildman–Crippen LogP) is 5.29. The highest BCUT2D eigenvalue weighted by Gasteiger charge is 2.53. The molecule has 152 valence electrons. The van der Waals surface area contributed by atoms with Crippen LogP contribution in [0.5, 0.6) is 0 Å². The monoisotopic (exact) mass is 417 g/mol. The molecule has 2 amide bonds. The number of hydrogen-bond donors (Lipinski definition) is 2. The zero-order chi connectivity index (χ0) is 20.7. The van der Waals surface area contributed by atoms with Crippen LogP contribution in [0.15, 0.2) is 72.8 Å². The van der Waals surface area contributed by atoms with Gasteiger partial charge in [-0.1, -0.05) is 77.8 Å². The number of urea groups is 1. The van der Waals surface area contributed by atoms with Crippen LogP contribution >= 0.6 is 11.6 Å². The van der Waals surface area contributed by atoms with E-state index < -0.39 is 0 Å². The highest BCUT2D eigenvalue weighted by Crippen LogP contribution is 2.43. The zero-order valence-corrected chi connectivity index (χ0v) is 17.6. The van der Waals surface area contributed by atoms with Gasteiger partial charge in [0.1, 0.15) is 0 Å². The van der Waals surface area contributed by atoms with Crippen molar-refractivity contribution in [3.63, 3.8) is 0 Å². The Balaban J connectivity index is 1.32. The molecule has 3 atom stereocenters. The number of para-hydroxylation sites is 1. The molecular weight excluding hydrogens is 394 g/mol. The van der Waals surface area contributed by atoms with Crippen LogP contribution in [0.25, 0.3) is 11.1 Å². The third-order valence-corrected chi connectivity index (χ3v) is 6.61. The number of carbonyl (C=O) groups excluding carboxylic acids is 1. The molecule has 2 bridgehead atoms. The summed E-state index contributed by atoms with van der Waals surface area (Å²) in [6.45, 7) is 3.71. The number of aryl methyl sites for hydroxylation is 1. The van der Waals surface area contributed by atoms with Gasteiger partial charge in [-0.15, -0.1) is 0 Å². The maximum absolute atomic E-state index is 12.9. The molecule has 2 N–H and O–H groups in total. The average Bonchev–Trinajstić information content (AvgIpc) is 2.77. The quantitative estimate of drug-likeness (QED) is 0.608. The largest absolute Gasteiger partial charge is 0.322 e. The molecule has 0 radical (unpaired) electrons. The Kier molecular flexibility index (Phi) is 4.97. The lowest BCUT2D eigenvalue weighted by atomic mass is 9.72. The lowest BCUT2D eigenvalue weighted by Crippen LogP contribution is -2.74. The predicted molar refractivity (Wildman–Crippen MR) is 122 cm³/mol. The van der Waals surface area contributed by atoms with Crippen LogP contribution in [0.3, 0.4) is 0 Å². The number of fused-ring (bicyclic) bond motifs is 2. The molecule has 5 heteroatoms. The molecule has 0 aromatic heterocycles. The van der Waals surface area contributed by atoms with Gasteiger partial charge in [-0.25, -0.2) is 4.79 Å². The van der Waals surface area contributed by atoms with Crippen molar-refractivity contribution < 1.29 is 4.79 Å². The van der Waals surface area contributed by atoms with E-state index in [9.17, 15) is 4.79 Å². The van der Waals surface area contributed by atoms with Gasteiger partial charge in [0.25, 0.3) is 0 Å². The number of anilines is 1. The first-order chi connectivity index (χ1) is 14.6. The summed E-state index contributed by atoms with van der Waals surface area (Å²) in [6, 6.07) is 25.0. The molecule has 2 saturated heterocycles. The Hall–Kier alpha value is -2.82. The fourth-order valence-electron chi connectivity index (χ4n) is 4.71. The molecule has 2 heterocycles. The SMILES string of the molecule is Cc1ccc(-c2ccc(C3[C@H]4CNC[C@@H]3N4C(=O)Nc3ccccc3Cl)cc2)cc1. The van der Waals surface area contributed by atoms with Gasteiger partial charge in [0.15, 0.2) is 0 Å². The van der Waals surface area contributed by atoms with Crippen molar-refractivity contribution in [2.45, 2.75) is 24.9 Å². The lowest BCUT2D eigenvalue weighted by molar-refractivity contribution is 0.00202. The number of likely N-dealkylation sites (tertiary alicyclic amines) is 1. The molecule has 2 aliphatic rings. The van der Waals surface area contributed by atoms with Gasteiger partial charge >= 0.3 is 6.03 Å². The lowest BCUT2D eigenvalue weighted by Gasteiger charge is -2.59. The van der Waals surface area contributed by atoms with E-state index in [1.54, 1.807) is 6.07 Å². The summed E-state index contributed by atoms with van der Waals surface area (Å²) in [7, 11) is 0. The molecule has 4 nitrogen and oxygen atoms in total. The van der Waals surface area contributed by atoms with Crippen LogP contribution in [0.1, 0.15) is 17.0 Å². The number of benzene rings is 3. The van der Waals surface area contributed by atoms with Gasteiger partial charge in [-0.05, 0) is 35.7 Å². The van der Waals surface area contributed by atoms with Crippen LogP contribution in [0.2, 0.25) is 5.02 Å². The van der Waals surface area contributed by atoms with E-state index in [1.807, 2.05) is 23.1 Å². The van der Waals surface area contributed by atoms with Crippen molar-refractivity contribution in [2.75, 3.05) is 18.4 Å². The summed E-state index contributed by atoms with van der Waals surface area (Å²) in [4.78, 5) is 14.9. The molecule has 5 rings (SSSR count). The second-order valence-electron chi connectivity index (χ2n) is 8.12. The minimum absolute atomic E-state index is 0.0767. The molecule has 0 aliphatic carbocycles. The third-order valence-electron chi connectivity index (χ3n) is 6.28. The van der Waals surface area contributed by atoms with E-state index in [0.29, 0.717) is 16.6 Å². The number of carbonyl (C=O) groups is 1. The van der Waals surface area contributed by atoms with Gasteiger partial charge in [0, 0.05) is 19.0 Å². The minimum Gasteiger partial charge on any atom is -0.315 e. The highest BCUT2D eigenvalue weighted by atomic mass is 35.5. The molecule has 0 saturated carbocycles. The number of piperazine rings is 1. The summed E-state index contributed by atoms with van der Waals surface area (Å²) in [5.41, 5.74) is 5.66. The smallest absolute Gasteiger partial charge is 0.315 e. The van der Waals surface area contributed by atoms with E-state index in [-0.39, 0.29) is 18.1 Å². The van der Waals surface area contributed by atoms with Gasteiger partial charge in [-0.2, -0.15) is 0 Å². The number of amides is 2. The Morgan fingerprint density at radius 1 is 0.933 bits per heavy atom. The van der Waals surface area contributed by atoms with Gasteiger partial charge < -0.3 is 15.5 Å². The van der Waals surface area contributed by atoms with Gasteiger partial charge in [-0.3, -0.25) is 0 Å². The minimum atomic E-state index is -0.0767. The van der Waals surface area contributed by atoms with Crippen LogP contribution in [0.4, 0.5) is 10.5 Å². The van der Waals surface area contributed by atoms with Crippen molar-refractivity contribution in [2.24, 2.45) is 0 Å². The highest BCUT2D eigenvalue weighted by molar-refractivity contribution is 6.33. The topological polar surface area (TPSA) is 44.4 Å². The summed E-state index contributed by atoms with van der Waals surface area (Å²) in [5.74, 6) is 0.357. The van der Waals surface area contributed by atoms with E-state index >= 15 is 0 Å². The maximum atomic E-state index is 12.9. The first-order valence-corrected chi connectivity index (χ1v) is 10.7. The molecule has 2 fully saturated rings. The van der Waals surface area contributed by atoms with Gasteiger partial charge in [0.2, 0.25) is 0 Å². The van der Waals surface area contributed by atoms with Crippen molar-refractivity contribution in [1.82, 2.24) is 10.2 Å². The van der Waals surface area contributed by atoms with Crippen LogP contribution < -0.4 is 10.6 Å². The fraction of sp³-hybridized carbons (Fsp3) is 0.240. The Labute approximate surface area is 181 Å². The second-order valence-corrected chi connectivity index (χ2v) is 8.53. The standard InChI is InChI=1S/C25H24ClN3O/c1-16-6-8-17(9-7-16)18-10-12-19(13-11-18)24-22-14-27-15-23(24)29(22)25(30)28-21-5-3-2-4-20(21)26/h2-13,22-24,27H,14-15H2,1H3,(H,28,30)/t22-,23+,24?.